The summed E-state index contributed by atoms with van der Waals surface area (Å²) in [5, 5.41) is 3.79. The van der Waals surface area contributed by atoms with Crippen LogP contribution in [0.5, 0.6) is 5.75 Å². The topological polar surface area (TPSA) is 64.4 Å². The molecule has 1 aromatic heterocycles. The van der Waals surface area contributed by atoms with E-state index in [1.807, 2.05) is 36.4 Å². The highest BCUT2D eigenvalue weighted by molar-refractivity contribution is 6.30. The summed E-state index contributed by atoms with van der Waals surface area (Å²) in [6, 6.07) is 15.1. The largest absolute Gasteiger partial charge is 0.497 e. The van der Waals surface area contributed by atoms with Crippen molar-refractivity contribution in [3.63, 3.8) is 0 Å². The molecule has 1 N–H and O–H groups in total. The Morgan fingerprint density at radius 2 is 1.83 bits per heavy atom. The van der Waals surface area contributed by atoms with Crippen LogP contribution in [-0.2, 0) is 11.2 Å². The van der Waals surface area contributed by atoms with Crippen molar-refractivity contribution in [2.45, 2.75) is 32.7 Å². The molecule has 0 saturated heterocycles. The summed E-state index contributed by atoms with van der Waals surface area (Å²) < 4.78 is 11.0. The van der Waals surface area contributed by atoms with Gasteiger partial charge < -0.3 is 14.5 Å². The smallest absolute Gasteiger partial charge is 0.221 e. The van der Waals surface area contributed by atoms with E-state index < -0.39 is 0 Å². The lowest BCUT2D eigenvalue weighted by Gasteiger charge is -2.23. The lowest BCUT2D eigenvalue weighted by Crippen LogP contribution is -2.31. The standard InChI is InChI=1S/C23H25ClN2O3/c1-15(2)23(17-6-10-19(28-3)11-7-17)26-21(27)12-13-22-25-14-20(29-22)16-4-8-18(24)9-5-16/h4-11,14-15,23H,12-13H2,1-3H3,(H,26,27)/t23-/m1/s1. The van der Waals surface area contributed by atoms with Gasteiger partial charge in [-0.2, -0.15) is 0 Å². The Morgan fingerprint density at radius 1 is 1.14 bits per heavy atom. The lowest BCUT2D eigenvalue weighted by atomic mass is 9.95. The van der Waals surface area contributed by atoms with E-state index >= 15 is 0 Å². The van der Waals surface area contributed by atoms with Crippen LogP contribution in [0.3, 0.4) is 0 Å². The zero-order valence-electron chi connectivity index (χ0n) is 16.8. The zero-order chi connectivity index (χ0) is 20.8. The van der Waals surface area contributed by atoms with E-state index in [1.165, 1.54) is 0 Å². The van der Waals surface area contributed by atoms with Gasteiger partial charge >= 0.3 is 0 Å². The maximum atomic E-state index is 12.5. The number of ether oxygens (including phenoxy) is 1. The highest BCUT2D eigenvalue weighted by atomic mass is 35.5. The second-order valence-corrected chi connectivity index (χ2v) is 7.62. The van der Waals surface area contributed by atoms with Crippen molar-refractivity contribution in [1.82, 2.24) is 10.3 Å². The Kier molecular flexibility index (Phi) is 6.94. The van der Waals surface area contributed by atoms with Gasteiger partial charge in [0.15, 0.2) is 11.7 Å². The van der Waals surface area contributed by atoms with E-state index in [1.54, 1.807) is 25.4 Å². The number of oxazole rings is 1. The molecule has 0 spiro atoms. The Labute approximate surface area is 176 Å². The molecule has 1 atom stereocenters. The summed E-state index contributed by atoms with van der Waals surface area (Å²) in [7, 11) is 1.64. The highest BCUT2D eigenvalue weighted by Gasteiger charge is 2.19. The molecule has 6 heteroatoms. The average Bonchev–Trinajstić information content (AvgIpc) is 3.20. The Hall–Kier alpha value is -2.79. The van der Waals surface area contributed by atoms with Gasteiger partial charge in [-0.3, -0.25) is 4.79 Å². The van der Waals surface area contributed by atoms with Crippen molar-refractivity contribution < 1.29 is 13.9 Å². The molecule has 152 valence electrons. The number of hydrogen-bond acceptors (Lipinski definition) is 4. The van der Waals surface area contributed by atoms with E-state index in [0.29, 0.717) is 29.5 Å². The third kappa shape index (κ3) is 5.61. The zero-order valence-corrected chi connectivity index (χ0v) is 17.6. The fraction of sp³-hybridized carbons (Fsp3) is 0.304. The Morgan fingerprint density at radius 3 is 2.45 bits per heavy atom. The van der Waals surface area contributed by atoms with Gasteiger partial charge in [-0.25, -0.2) is 4.98 Å². The van der Waals surface area contributed by atoms with Crippen LogP contribution >= 0.6 is 11.6 Å². The number of carbonyl (C=O) groups excluding carboxylic acids is 1. The van der Waals surface area contributed by atoms with Crippen LogP contribution in [-0.4, -0.2) is 18.0 Å². The fourth-order valence-electron chi connectivity index (χ4n) is 3.09. The number of nitrogens with zero attached hydrogens (tertiary/aromatic N) is 1. The molecule has 0 aliphatic carbocycles. The maximum Gasteiger partial charge on any atom is 0.221 e. The number of halogens is 1. The van der Waals surface area contributed by atoms with Crippen molar-refractivity contribution in [2.75, 3.05) is 7.11 Å². The van der Waals surface area contributed by atoms with Crippen LogP contribution in [0.2, 0.25) is 5.02 Å². The number of aryl methyl sites for hydroxylation is 1. The van der Waals surface area contributed by atoms with Crippen molar-refractivity contribution in [2.24, 2.45) is 5.92 Å². The molecule has 0 saturated carbocycles. The van der Waals surface area contributed by atoms with E-state index in [4.69, 9.17) is 20.8 Å². The first kappa shape index (κ1) is 20.9. The molecule has 0 radical (unpaired) electrons. The van der Waals surface area contributed by atoms with E-state index in [9.17, 15) is 4.79 Å². The number of carbonyl (C=O) groups is 1. The monoisotopic (exact) mass is 412 g/mol. The average molecular weight is 413 g/mol. The van der Waals surface area contributed by atoms with Crippen LogP contribution in [0.15, 0.2) is 59.1 Å². The number of amides is 1. The summed E-state index contributed by atoms with van der Waals surface area (Å²) in [5.41, 5.74) is 1.95. The first-order chi connectivity index (χ1) is 14.0. The van der Waals surface area contributed by atoms with Crippen LogP contribution in [0.25, 0.3) is 11.3 Å². The van der Waals surface area contributed by atoms with Gasteiger partial charge in [0.25, 0.3) is 0 Å². The molecule has 0 unspecified atom stereocenters. The molecule has 0 aliphatic rings. The second kappa shape index (κ2) is 9.61. The quantitative estimate of drug-likeness (QED) is 0.534. The molecular formula is C23H25ClN2O3. The van der Waals surface area contributed by atoms with Crippen molar-refractivity contribution in [3.8, 4) is 17.1 Å². The Balaban J connectivity index is 1.58. The van der Waals surface area contributed by atoms with Crippen molar-refractivity contribution in [3.05, 3.63) is 71.2 Å². The molecule has 3 aromatic rings. The molecule has 3 rings (SSSR count). The molecule has 0 aliphatic heterocycles. The Bertz CT molecular complexity index is 934. The summed E-state index contributed by atoms with van der Waals surface area (Å²) in [4.78, 5) is 16.8. The normalized spacial score (nSPS) is 12.0. The van der Waals surface area contributed by atoms with Gasteiger partial charge in [0.05, 0.1) is 19.3 Å². The number of methoxy groups -OCH3 is 1. The highest BCUT2D eigenvalue weighted by Crippen LogP contribution is 2.25. The van der Waals surface area contributed by atoms with Crippen LogP contribution in [0.1, 0.15) is 37.8 Å². The van der Waals surface area contributed by atoms with Crippen molar-refractivity contribution in [1.29, 1.82) is 0 Å². The van der Waals surface area contributed by atoms with Gasteiger partial charge in [0.2, 0.25) is 5.91 Å². The first-order valence-corrected chi connectivity index (χ1v) is 9.98. The number of hydrogen-bond donors (Lipinski definition) is 1. The van der Waals surface area contributed by atoms with Crippen molar-refractivity contribution >= 4 is 17.5 Å². The minimum atomic E-state index is -0.0670. The maximum absolute atomic E-state index is 12.5. The lowest BCUT2D eigenvalue weighted by molar-refractivity contribution is -0.122. The SMILES string of the molecule is COc1ccc([C@H](NC(=O)CCc2ncc(-c3ccc(Cl)cc3)o2)C(C)C)cc1. The predicted octanol–water partition coefficient (Wildman–Crippen LogP) is 5.45. The molecule has 2 aromatic carbocycles. The van der Waals surface area contributed by atoms with Crippen LogP contribution in [0.4, 0.5) is 0 Å². The van der Waals surface area contributed by atoms with Gasteiger partial charge in [-0.15, -0.1) is 0 Å². The first-order valence-electron chi connectivity index (χ1n) is 9.60. The van der Waals surface area contributed by atoms with E-state index in [-0.39, 0.29) is 17.9 Å². The molecular weight excluding hydrogens is 388 g/mol. The number of aromatic nitrogens is 1. The van der Waals surface area contributed by atoms with E-state index in [0.717, 1.165) is 16.9 Å². The predicted molar refractivity (Wildman–Crippen MR) is 114 cm³/mol. The van der Waals surface area contributed by atoms with Gasteiger partial charge in [0, 0.05) is 23.4 Å². The third-order valence-corrected chi connectivity index (χ3v) is 4.96. The molecule has 0 fully saturated rings. The number of nitrogens with one attached hydrogen (secondary N) is 1. The third-order valence-electron chi connectivity index (χ3n) is 4.71. The van der Waals surface area contributed by atoms with Gasteiger partial charge in [-0.1, -0.05) is 37.6 Å². The molecule has 29 heavy (non-hydrogen) atoms. The number of benzene rings is 2. The second-order valence-electron chi connectivity index (χ2n) is 7.19. The molecule has 1 heterocycles. The van der Waals surface area contributed by atoms with Gasteiger partial charge in [0.1, 0.15) is 5.75 Å². The summed E-state index contributed by atoms with van der Waals surface area (Å²) >= 11 is 5.92. The summed E-state index contributed by atoms with van der Waals surface area (Å²) in [6.07, 6.45) is 2.41. The number of rotatable bonds is 8. The van der Waals surface area contributed by atoms with E-state index in [2.05, 4.69) is 24.1 Å². The molecule has 1 amide bonds. The van der Waals surface area contributed by atoms with Crippen LogP contribution < -0.4 is 10.1 Å². The molecule has 5 nitrogen and oxygen atoms in total. The fourth-order valence-corrected chi connectivity index (χ4v) is 3.21. The minimum absolute atomic E-state index is 0.0363. The molecule has 0 bridgehead atoms. The minimum Gasteiger partial charge on any atom is -0.497 e. The van der Waals surface area contributed by atoms with Gasteiger partial charge in [-0.05, 0) is 47.9 Å². The summed E-state index contributed by atoms with van der Waals surface area (Å²) in [5.74, 6) is 2.21. The summed E-state index contributed by atoms with van der Waals surface area (Å²) in [6.45, 7) is 4.17. The van der Waals surface area contributed by atoms with Crippen LogP contribution in [0, 0.1) is 5.92 Å².